The molecule has 18 heavy (non-hydrogen) atoms. The first-order chi connectivity index (χ1) is 8.57. The maximum absolute atomic E-state index is 11.6. The summed E-state index contributed by atoms with van der Waals surface area (Å²) in [4.78, 5) is 11.6. The molecule has 0 spiro atoms. The van der Waals surface area contributed by atoms with E-state index in [0.29, 0.717) is 5.13 Å². The first kappa shape index (κ1) is 13.2. The number of amides is 2. The fourth-order valence-corrected chi connectivity index (χ4v) is 2.71. The second-order valence-corrected chi connectivity index (χ2v) is 5.90. The molecule has 1 heterocycles. The predicted octanol–water partition coefficient (Wildman–Crippen LogP) is 1.66. The third-order valence-electron chi connectivity index (χ3n) is 3.11. The standard InChI is InChI=1S/C11H18N4O2S/c1-8-14-15-10(18-8)13-9(16)12-7-11(17)5-3-2-4-6-11/h17H,2-7H2,1H3,(H2,12,13,15,16). The third-order valence-corrected chi connectivity index (χ3v) is 3.86. The number of rotatable bonds is 3. The molecule has 0 radical (unpaired) electrons. The van der Waals surface area contributed by atoms with Crippen molar-refractivity contribution >= 4 is 22.5 Å². The van der Waals surface area contributed by atoms with E-state index >= 15 is 0 Å². The van der Waals surface area contributed by atoms with Crippen LogP contribution in [-0.2, 0) is 0 Å². The van der Waals surface area contributed by atoms with Crippen molar-refractivity contribution in [1.29, 1.82) is 0 Å². The molecule has 0 aliphatic heterocycles. The van der Waals surface area contributed by atoms with Gasteiger partial charge in [0.1, 0.15) is 5.01 Å². The molecular formula is C11H18N4O2S. The Morgan fingerprint density at radius 1 is 1.39 bits per heavy atom. The minimum absolute atomic E-state index is 0.288. The number of urea groups is 1. The van der Waals surface area contributed by atoms with Crippen molar-refractivity contribution in [2.24, 2.45) is 0 Å². The number of aryl methyl sites for hydroxylation is 1. The SMILES string of the molecule is Cc1nnc(NC(=O)NCC2(O)CCCCC2)s1. The van der Waals surface area contributed by atoms with Crippen molar-refractivity contribution < 1.29 is 9.90 Å². The number of nitrogens with zero attached hydrogens (tertiary/aromatic N) is 2. The minimum atomic E-state index is -0.743. The van der Waals surface area contributed by atoms with Gasteiger partial charge in [0.25, 0.3) is 0 Å². The largest absolute Gasteiger partial charge is 0.388 e. The quantitative estimate of drug-likeness (QED) is 0.779. The van der Waals surface area contributed by atoms with E-state index in [0.717, 1.165) is 30.7 Å². The molecule has 1 aromatic heterocycles. The topological polar surface area (TPSA) is 87.1 Å². The Bertz CT molecular complexity index is 415. The molecular weight excluding hydrogens is 252 g/mol. The summed E-state index contributed by atoms with van der Waals surface area (Å²) >= 11 is 1.32. The van der Waals surface area contributed by atoms with Gasteiger partial charge >= 0.3 is 6.03 Å². The molecule has 3 N–H and O–H groups in total. The monoisotopic (exact) mass is 270 g/mol. The van der Waals surface area contributed by atoms with Crippen LogP contribution >= 0.6 is 11.3 Å². The van der Waals surface area contributed by atoms with E-state index in [1.807, 2.05) is 6.92 Å². The Morgan fingerprint density at radius 2 is 2.11 bits per heavy atom. The highest BCUT2D eigenvalue weighted by atomic mass is 32.1. The molecule has 100 valence electrons. The third kappa shape index (κ3) is 3.64. The summed E-state index contributed by atoms with van der Waals surface area (Å²) in [6.45, 7) is 2.11. The lowest BCUT2D eigenvalue weighted by atomic mass is 9.85. The van der Waals surface area contributed by atoms with Crippen molar-refractivity contribution in [1.82, 2.24) is 15.5 Å². The van der Waals surface area contributed by atoms with Crippen molar-refractivity contribution in [2.45, 2.75) is 44.6 Å². The number of anilines is 1. The Balaban J connectivity index is 1.77. The van der Waals surface area contributed by atoms with Crippen molar-refractivity contribution in [3.8, 4) is 0 Å². The normalized spacial score (nSPS) is 18.3. The van der Waals surface area contributed by atoms with Gasteiger partial charge in [-0.2, -0.15) is 0 Å². The molecule has 1 aromatic rings. The number of aromatic nitrogens is 2. The van der Waals surface area contributed by atoms with E-state index in [9.17, 15) is 9.90 Å². The highest BCUT2D eigenvalue weighted by Gasteiger charge is 2.29. The fraction of sp³-hybridized carbons (Fsp3) is 0.727. The van der Waals surface area contributed by atoms with Gasteiger partial charge in [0.05, 0.1) is 5.60 Å². The molecule has 0 aromatic carbocycles. The molecule has 1 saturated carbocycles. The lowest BCUT2D eigenvalue weighted by Crippen LogP contribution is -2.45. The van der Waals surface area contributed by atoms with Gasteiger partial charge in [-0.1, -0.05) is 30.6 Å². The van der Waals surface area contributed by atoms with Gasteiger partial charge in [0, 0.05) is 6.54 Å². The molecule has 7 heteroatoms. The molecule has 6 nitrogen and oxygen atoms in total. The summed E-state index contributed by atoms with van der Waals surface area (Å²) in [5, 5.41) is 24.4. The van der Waals surface area contributed by atoms with Crippen LogP contribution in [0, 0.1) is 6.92 Å². The molecule has 0 atom stereocenters. The van der Waals surface area contributed by atoms with Crippen molar-refractivity contribution in [3.05, 3.63) is 5.01 Å². The maximum atomic E-state index is 11.6. The first-order valence-corrected chi connectivity index (χ1v) is 6.96. The first-order valence-electron chi connectivity index (χ1n) is 6.15. The van der Waals surface area contributed by atoms with Gasteiger partial charge in [-0.25, -0.2) is 4.79 Å². The van der Waals surface area contributed by atoms with E-state index in [-0.39, 0.29) is 12.6 Å². The maximum Gasteiger partial charge on any atom is 0.321 e. The molecule has 0 unspecified atom stereocenters. The van der Waals surface area contributed by atoms with Crippen LogP contribution in [0.4, 0.5) is 9.93 Å². The van der Waals surface area contributed by atoms with Crippen LogP contribution in [0.15, 0.2) is 0 Å². The van der Waals surface area contributed by atoms with Gasteiger partial charge in [-0.15, -0.1) is 10.2 Å². The highest BCUT2D eigenvalue weighted by Crippen LogP contribution is 2.27. The van der Waals surface area contributed by atoms with Gasteiger partial charge in [0.2, 0.25) is 5.13 Å². The summed E-state index contributed by atoms with van der Waals surface area (Å²) < 4.78 is 0. The molecule has 1 aliphatic rings. The molecule has 2 rings (SSSR count). The Kier molecular flexibility index (Phi) is 4.13. The van der Waals surface area contributed by atoms with Gasteiger partial charge in [-0.05, 0) is 19.8 Å². The number of carbonyl (C=O) groups is 1. The predicted molar refractivity (Wildman–Crippen MR) is 69.7 cm³/mol. The summed E-state index contributed by atoms with van der Waals surface area (Å²) in [7, 11) is 0. The Morgan fingerprint density at radius 3 is 2.72 bits per heavy atom. The highest BCUT2D eigenvalue weighted by molar-refractivity contribution is 7.15. The van der Waals surface area contributed by atoms with Gasteiger partial charge < -0.3 is 10.4 Å². The van der Waals surface area contributed by atoms with Gasteiger partial charge in [0.15, 0.2) is 0 Å². The van der Waals surface area contributed by atoms with Crippen molar-refractivity contribution in [3.63, 3.8) is 0 Å². The van der Waals surface area contributed by atoms with E-state index in [1.165, 1.54) is 17.8 Å². The van der Waals surface area contributed by atoms with Crippen LogP contribution in [0.5, 0.6) is 0 Å². The second-order valence-electron chi connectivity index (χ2n) is 4.72. The Labute approximate surface area is 110 Å². The van der Waals surface area contributed by atoms with E-state index in [1.54, 1.807) is 0 Å². The van der Waals surface area contributed by atoms with Crippen LogP contribution in [0.2, 0.25) is 0 Å². The summed E-state index contributed by atoms with van der Waals surface area (Å²) in [6.07, 6.45) is 4.72. The average molecular weight is 270 g/mol. The van der Waals surface area contributed by atoms with E-state index in [4.69, 9.17) is 0 Å². The lowest BCUT2D eigenvalue weighted by molar-refractivity contribution is 0.00755. The fourth-order valence-electron chi connectivity index (χ4n) is 2.12. The average Bonchev–Trinajstić information content (AvgIpc) is 2.73. The Hall–Kier alpha value is -1.21. The zero-order valence-corrected chi connectivity index (χ0v) is 11.2. The number of hydrogen-bond donors (Lipinski definition) is 3. The molecule has 2 amide bonds. The molecule has 0 bridgehead atoms. The van der Waals surface area contributed by atoms with Crippen LogP contribution < -0.4 is 10.6 Å². The van der Waals surface area contributed by atoms with E-state index < -0.39 is 5.60 Å². The second kappa shape index (κ2) is 5.62. The van der Waals surface area contributed by atoms with Crippen LogP contribution in [0.1, 0.15) is 37.1 Å². The summed E-state index contributed by atoms with van der Waals surface area (Å²) in [5.41, 5.74) is -0.743. The van der Waals surface area contributed by atoms with Crippen LogP contribution in [0.25, 0.3) is 0 Å². The van der Waals surface area contributed by atoms with Crippen molar-refractivity contribution in [2.75, 3.05) is 11.9 Å². The van der Waals surface area contributed by atoms with Gasteiger partial charge in [-0.3, -0.25) is 5.32 Å². The van der Waals surface area contributed by atoms with E-state index in [2.05, 4.69) is 20.8 Å². The summed E-state index contributed by atoms with van der Waals surface area (Å²) in [6, 6.07) is -0.342. The van der Waals surface area contributed by atoms with Crippen LogP contribution in [-0.4, -0.2) is 33.5 Å². The number of hydrogen-bond acceptors (Lipinski definition) is 5. The smallest absolute Gasteiger partial charge is 0.321 e. The zero-order valence-electron chi connectivity index (χ0n) is 10.4. The summed E-state index contributed by atoms with van der Waals surface area (Å²) in [5.74, 6) is 0. The molecule has 0 saturated heterocycles. The molecule has 1 fully saturated rings. The molecule has 1 aliphatic carbocycles. The minimum Gasteiger partial charge on any atom is -0.388 e. The number of aliphatic hydroxyl groups is 1. The lowest BCUT2D eigenvalue weighted by Gasteiger charge is -2.31. The zero-order chi connectivity index (χ0) is 13.0. The number of nitrogens with one attached hydrogen (secondary N) is 2. The van der Waals surface area contributed by atoms with Crippen LogP contribution in [0.3, 0.4) is 0 Å². The number of carbonyl (C=O) groups excluding carboxylic acids is 1.